The lowest BCUT2D eigenvalue weighted by atomic mass is 10.1. The number of imide groups is 2. The van der Waals surface area contributed by atoms with E-state index in [1.165, 1.54) is 12.1 Å². The van der Waals surface area contributed by atoms with Gasteiger partial charge >= 0.3 is 6.03 Å². The molecule has 2 aromatic carbocycles. The van der Waals surface area contributed by atoms with E-state index < -0.39 is 17.8 Å². The van der Waals surface area contributed by atoms with Crippen molar-refractivity contribution in [1.29, 1.82) is 0 Å². The van der Waals surface area contributed by atoms with Gasteiger partial charge in [-0.2, -0.15) is 0 Å². The van der Waals surface area contributed by atoms with E-state index in [1.807, 2.05) is 25.1 Å². The molecule has 4 rings (SSSR count). The second kappa shape index (κ2) is 7.93. The van der Waals surface area contributed by atoms with Crippen LogP contribution < -0.4 is 10.2 Å². The zero-order valence-corrected chi connectivity index (χ0v) is 18.0. The van der Waals surface area contributed by atoms with Crippen LogP contribution in [0.4, 0.5) is 10.5 Å². The van der Waals surface area contributed by atoms with Gasteiger partial charge < -0.3 is 4.42 Å². The van der Waals surface area contributed by atoms with Crippen LogP contribution in [0, 0.1) is 6.92 Å². The normalized spacial score (nSPS) is 15.6. The number of hydrogen-bond acceptors (Lipinski definition) is 4. The van der Waals surface area contributed by atoms with Gasteiger partial charge in [0.1, 0.15) is 17.1 Å². The predicted octanol–water partition coefficient (Wildman–Crippen LogP) is 5.34. The molecule has 0 spiro atoms. The molecule has 3 aromatic rings. The highest BCUT2D eigenvalue weighted by molar-refractivity contribution is 9.10. The van der Waals surface area contributed by atoms with Crippen molar-refractivity contribution in [3.63, 3.8) is 0 Å². The largest absolute Gasteiger partial charge is 0.457 e. The standard InChI is InChI=1S/C22H14BrClN2O4/c1-12-5-7-16(18(23)9-12)19-8-6-15(30-19)11-17-20(27)25-22(29)26(21(17)28)14-4-2-3-13(24)10-14/h2-11H,1H3,(H,25,27,29)/b17-11+. The van der Waals surface area contributed by atoms with Crippen LogP contribution >= 0.6 is 27.5 Å². The van der Waals surface area contributed by atoms with Gasteiger partial charge in [-0.25, -0.2) is 9.69 Å². The Kier molecular flexibility index (Phi) is 5.32. The summed E-state index contributed by atoms with van der Waals surface area (Å²) in [6.45, 7) is 1.98. The fourth-order valence-electron chi connectivity index (χ4n) is 3.04. The molecule has 150 valence electrons. The maximum Gasteiger partial charge on any atom is 0.335 e. The summed E-state index contributed by atoms with van der Waals surface area (Å²) >= 11 is 9.48. The number of barbiturate groups is 1. The zero-order chi connectivity index (χ0) is 21.4. The van der Waals surface area contributed by atoms with Gasteiger partial charge in [-0.15, -0.1) is 0 Å². The van der Waals surface area contributed by atoms with Crippen molar-refractivity contribution in [2.24, 2.45) is 0 Å². The topological polar surface area (TPSA) is 79.6 Å². The Morgan fingerprint density at radius 2 is 1.87 bits per heavy atom. The van der Waals surface area contributed by atoms with Crippen LogP contribution in [0.1, 0.15) is 11.3 Å². The number of rotatable bonds is 3. The summed E-state index contributed by atoms with van der Waals surface area (Å²) in [6, 6.07) is 14.6. The van der Waals surface area contributed by atoms with Gasteiger partial charge in [0.05, 0.1) is 5.69 Å². The molecule has 30 heavy (non-hydrogen) atoms. The Balaban J connectivity index is 1.69. The minimum absolute atomic E-state index is 0.224. The molecule has 0 aliphatic carbocycles. The molecule has 6 nitrogen and oxygen atoms in total. The molecule has 1 saturated heterocycles. The van der Waals surface area contributed by atoms with E-state index in [9.17, 15) is 14.4 Å². The summed E-state index contributed by atoms with van der Waals surface area (Å²) in [5.74, 6) is -0.685. The van der Waals surface area contributed by atoms with Crippen LogP contribution in [-0.4, -0.2) is 17.8 Å². The van der Waals surface area contributed by atoms with E-state index in [4.69, 9.17) is 16.0 Å². The van der Waals surface area contributed by atoms with Gasteiger partial charge in [-0.1, -0.05) is 39.7 Å². The second-order valence-electron chi connectivity index (χ2n) is 6.62. The molecule has 0 radical (unpaired) electrons. The summed E-state index contributed by atoms with van der Waals surface area (Å²) in [6.07, 6.45) is 1.31. The quantitative estimate of drug-likeness (QED) is 0.401. The van der Waals surface area contributed by atoms with Crippen molar-refractivity contribution in [2.45, 2.75) is 6.92 Å². The van der Waals surface area contributed by atoms with E-state index in [-0.39, 0.29) is 11.3 Å². The third-order valence-electron chi connectivity index (χ3n) is 4.47. The van der Waals surface area contributed by atoms with Gasteiger partial charge in [0.25, 0.3) is 11.8 Å². The monoisotopic (exact) mass is 484 g/mol. The van der Waals surface area contributed by atoms with E-state index in [0.717, 1.165) is 20.5 Å². The lowest BCUT2D eigenvalue weighted by Crippen LogP contribution is -2.54. The summed E-state index contributed by atoms with van der Waals surface area (Å²) in [7, 11) is 0. The summed E-state index contributed by atoms with van der Waals surface area (Å²) in [5, 5.41) is 2.52. The second-order valence-corrected chi connectivity index (χ2v) is 7.91. The molecular formula is C22H14BrClN2O4. The van der Waals surface area contributed by atoms with Gasteiger partial charge in [-0.3, -0.25) is 14.9 Å². The number of carbonyl (C=O) groups is 3. The van der Waals surface area contributed by atoms with Crippen molar-refractivity contribution >= 4 is 57.1 Å². The molecule has 8 heteroatoms. The first-order valence-electron chi connectivity index (χ1n) is 8.87. The Morgan fingerprint density at radius 3 is 2.60 bits per heavy atom. The van der Waals surface area contributed by atoms with Crippen LogP contribution in [0.25, 0.3) is 17.4 Å². The van der Waals surface area contributed by atoms with Gasteiger partial charge in [0, 0.05) is 15.1 Å². The lowest BCUT2D eigenvalue weighted by Gasteiger charge is -2.26. The molecular weight excluding hydrogens is 472 g/mol. The van der Waals surface area contributed by atoms with E-state index in [2.05, 4.69) is 21.2 Å². The Hall–Kier alpha value is -3.16. The van der Waals surface area contributed by atoms with Gasteiger partial charge in [0.15, 0.2) is 0 Å². The molecule has 0 bridgehead atoms. The fraction of sp³-hybridized carbons (Fsp3) is 0.0455. The Morgan fingerprint density at radius 1 is 1.07 bits per heavy atom. The van der Waals surface area contributed by atoms with Crippen molar-refractivity contribution in [3.8, 4) is 11.3 Å². The molecule has 1 N–H and O–H groups in total. The molecule has 1 aromatic heterocycles. The first-order chi connectivity index (χ1) is 14.3. The molecule has 1 fully saturated rings. The predicted molar refractivity (Wildman–Crippen MR) is 117 cm³/mol. The smallest absolute Gasteiger partial charge is 0.335 e. The van der Waals surface area contributed by atoms with Crippen molar-refractivity contribution in [1.82, 2.24) is 5.32 Å². The van der Waals surface area contributed by atoms with E-state index >= 15 is 0 Å². The van der Waals surface area contributed by atoms with Crippen molar-refractivity contribution in [2.75, 3.05) is 4.90 Å². The van der Waals surface area contributed by atoms with Gasteiger partial charge in [0.2, 0.25) is 0 Å². The minimum Gasteiger partial charge on any atom is -0.457 e. The number of nitrogens with zero attached hydrogens (tertiary/aromatic N) is 1. The average molecular weight is 486 g/mol. The highest BCUT2D eigenvalue weighted by Crippen LogP contribution is 2.31. The van der Waals surface area contributed by atoms with Crippen LogP contribution in [0.5, 0.6) is 0 Å². The zero-order valence-electron chi connectivity index (χ0n) is 15.6. The number of furan rings is 1. The Labute approximate surface area is 185 Å². The SMILES string of the molecule is Cc1ccc(-c2ccc(/C=C3\C(=O)NC(=O)N(c4cccc(Cl)c4)C3=O)o2)c(Br)c1. The maximum absolute atomic E-state index is 12.9. The fourth-order valence-corrected chi connectivity index (χ4v) is 3.92. The highest BCUT2D eigenvalue weighted by atomic mass is 79.9. The van der Waals surface area contributed by atoms with E-state index in [1.54, 1.807) is 30.3 Å². The van der Waals surface area contributed by atoms with Crippen LogP contribution in [0.2, 0.25) is 5.02 Å². The van der Waals surface area contributed by atoms with Crippen molar-refractivity contribution < 1.29 is 18.8 Å². The molecule has 0 atom stereocenters. The number of aryl methyl sites for hydroxylation is 1. The number of benzene rings is 2. The number of carbonyl (C=O) groups excluding carboxylic acids is 3. The summed E-state index contributed by atoms with van der Waals surface area (Å²) < 4.78 is 6.67. The van der Waals surface area contributed by atoms with Crippen LogP contribution in [0.3, 0.4) is 0 Å². The number of halogens is 2. The average Bonchev–Trinajstić information content (AvgIpc) is 3.13. The third kappa shape index (κ3) is 3.81. The molecule has 4 amide bonds. The highest BCUT2D eigenvalue weighted by Gasteiger charge is 2.37. The number of urea groups is 1. The summed E-state index contributed by atoms with van der Waals surface area (Å²) in [4.78, 5) is 38.3. The first kappa shape index (κ1) is 20.1. The molecule has 0 unspecified atom stereocenters. The number of nitrogens with one attached hydrogen (secondary N) is 1. The van der Waals surface area contributed by atoms with E-state index in [0.29, 0.717) is 16.5 Å². The molecule has 2 heterocycles. The number of anilines is 1. The number of amides is 4. The van der Waals surface area contributed by atoms with Crippen LogP contribution in [-0.2, 0) is 9.59 Å². The number of hydrogen-bond donors (Lipinski definition) is 1. The van der Waals surface area contributed by atoms with Gasteiger partial charge in [-0.05, 0) is 61.0 Å². The Bertz CT molecular complexity index is 1230. The first-order valence-corrected chi connectivity index (χ1v) is 10.0. The molecule has 1 aliphatic rings. The molecule has 1 aliphatic heterocycles. The van der Waals surface area contributed by atoms with Crippen LogP contribution in [0.15, 0.2) is 69.1 Å². The van der Waals surface area contributed by atoms with Crippen molar-refractivity contribution in [3.05, 3.63) is 81.0 Å². The summed E-state index contributed by atoms with van der Waals surface area (Å²) in [5.41, 5.74) is 1.96. The lowest BCUT2D eigenvalue weighted by molar-refractivity contribution is -0.122. The third-order valence-corrected chi connectivity index (χ3v) is 5.36. The molecule has 0 saturated carbocycles. The maximum atomic E-state index is 12.9. The minimum atomic E-state index is -0.840.